The molecule has 0 aromatic carbocycles. The number of ether oxygens (including phenoxy) is 1. The third kappa shape index (κ3) is 2.17. The second kappa shape index (κ2) is 4.26. The van der Waals surface area contributed by atoms with Crippen molar-refractivity contribution in [1.29, 1.82) is 0 Å². The van der Waals surface area contributed by atoms with Crippen molar-refractivity contribution in [2.24, 2.45) is 0 Å². The number of nitrogens with zero attached hydrogens (tertiary/aromatic N) is 2. The number of rotatable bonds is 2. The van der Waals surface area contributed by atoms with Crippen molar-refractivity contribution < 1.29 is 9.84 Å². The Morgan fingerprint density at radius 1 is 1.67 bits per heavy atom. The third-order valence-electron chi connectivity index (χ3n) is 2.45. The highest BCUT2D eigenvalue weighted by Gasteiger charge is 2.25. The van der Waals surface area contributed by atoms with E-state index in [1.54, 1.807) is 16.8 Å². The van der Waals surface area contributed by atoms with Gasteiger partial charge < -0.3 is 15.6 Å². The van der Waals surface area contributed by atoms with Crippen LogP contribution in [0.4, 0.5) is 5.82 Å². The van der Waals surface area contributed by atoms with E-state index in [1.807, 2.05) is 0 Å². The Kier molecular flexibility index (Phi) is 2.99. The normalized spacial score (nSPS) is 25.7. The van der Waals surface area contributed by atoms with Crippen molar-refractivity contribution in [3.8, 4) is 0 Å². The van der Waals surface area contributed by atoms with E-state index in [0.29, 0.717) is 10.6 Å². The zero-order valence-electron chi connectivity index (χ0n) is 8.17. The van der Waals surface area contributed by atoms with E-state index in [1.165, 1.54) is 0 Å². The Hall–Kier alpha value is -0.980. The predicted octanol–water partition coefficient (Wildman–Crippen LogP) is 0.865. The maximum Gasteiger partial charge on any atom is 0.203 e. The Morgan fingerprint density at radius 2 is 2.47 bits per heavy atom. The summed E-state index contributed by atoms with van der Waals surface area (Å²) in [6.45, 7) is 0.0478. The molecule has 1 aromatic heterocycles. The summed E-state index contributed by atoms with van der Waals surface area (Å²) < 4.78 is 7.76. The lowest BCUT2D eigenvalue weighted by molar-refractivity contribution is -0.0236. The monoisotopic (exact) mass is 227 g/mol. The van der Waals surface area contributed by atoms with E-state index in [2.05, 4.69) is 4.98 Å². The second-order valence-electron chi connectivity index (χ2n) is 3.51. The van der Waals surface area contributed by atoms with Gasteiger partial charge >= 0.3 is 0 Å². The zero-order valence-corrected chi connectivity index (χ0v) is 8.98. The number of anilines is 1. The summed E-state index contributed by atoms with van der Waals surface area (Å²) in [6.07, 6.45) is 3.24. The average molecular weight is 227 g/mol. The SMILES string of the molecule is Nc1ccn([C@H]2CC[C@@H](CO)O2)c(=S)n1. The fourth-order valence-electron chi connectivity index (χ4n) is 1.67. The molecule has 3 N–H and O–H groups in total. The summed E-state index contributed by atoms with van der Waals surface area (Å²) in [4.78, 5) is 3.98. The first-order valence-electron chi connectivity index (χ1n) is 4.81. The number of aliphatic hydroxyl groups excluding tert-OH is 1. The van der Waals surface area contributed by atoms with E-state index in [9.17, 15) is 0 Å². The van der Waals surface area contributed by atoms with Gasteiger partial charge in [-0.3, -0.25) is 4.57 Å². The first-order chi connectivity index (χ1) is 7.20. The van der Waals surface area contributed by atoms with Crippen LogP contribution in [0.1, 0.15) is 19.1 Å². The zero-order chi connectivity index (χ0) is 10.8. The molecule has 2 heterocycles. The van der Waals surface area contributed by atoms with Crippen LogP contribution in [0.3, 0.4) is 0 Å². The van der Waals surface area contributed by atoms with E-state index in [4.69, 9.17) is 27.8 Å². The molecule has 0 radical (unpaired) electrons. The van der Waals surface area contributed by atoms with Crippen molar-refractivity contribution >= 4 is 18.0 Å². The van der Waals surface area contributed by atoms with Gasteiger partial charge in [-0.25, -0.2) is 4.98 Å². The maximum absolute atomic E-state index is 8.95. The molecule has 0 bridgehead atoms. The van der Waals surface area contributed by atoms with Gasteiger partial charge in [0.15, 0.2) is 0 Å². The standard InChI is InChI=1S/C9H13N3O2S/c10-7-3-4-12(9(15)11-7)8-2-1-6(5-13)14-8/h3-4,6,8,13H,1-2,5H2,(H2,10,11,15)/t6-,8+/m0/s1. The minimum Gasteiger partial charge on any atom is -0.394 e. The second-order valence-corrected chi connectivity index (χ2v) is 3.88. The number of hydrogen-bond acceptors (Lipinski definition) is 5. The average Bonchev–Trinajstić information content (AvgIpc) is 2.66. The van der Waals surface area contributed by atoms with Crippen LogP contribution < -0.4 is 5.73 Å². The molecule has 2 atom stereocenters. The summed E-state index contributed by atoms with van der Waals surface area (Å²) in [6, 6.07) is 1.69. The first-order valence-corrected chi connectivity index (χ1v) is 5.22. The Bertz CT molecular complexity index is 407. The number of aliphatic hydroxyl groups is 1. The summed E-state index contributed by atoms with van der Waals surface area (Å²) >= 11 is 5.08. The predicted molar refractivity (Wildman–Crippen MR) is 57.7 cm³/mol. The molecule has 1 saturated heterocycles. The summed E-state index contributed by atoms with van der Waals surface area (Å²) in [5, 5.41) is 8.95. The fraction of sp³-hybridized carbons (Fsp3) is 0.556. The van der Waals surface area contributed by atoms with E-state index in [-0.39, 0.29) is 18.9 Å². The van der Waals surface area contributed by atoms with Crippen molar-refractivity contribution in [2.75, 3.05) is 12.3 Å². The maximum atomic E-state index is 8.95. The fourth-order valence-corrected chi connectivity index (χ4v) is 1.95. The van der Waals surface area contributed by atoms with Gasteiger partial charge in [0.05, 0.1) is 12.7 Å². The number of nitrogens with two attached hydrogens (primary N) is 1. The quantitative estimate of drug-likeness (QED) is 0.733. The highest BCUT2D eigenvalue weighted by Crippen LogP contribution is 2.27. The molecular formula is C9H13N3O2S. The van der Waals surface area contributed by atoms with Gasteiger partial charge in [-0.2, -0.15) is 0 Å². The minimum atomic E-state index is -0.122. The topological polar surface area (TPSA) is 73.3 Å². The molecule has 0 unspecified atom stereocenters. The van der Waals surface area contributed by atoms with Crippen molar-refractivity contribution in [3.05, 3.63) is 17.0 Å². The van der Waals surface area contributed by atoms with Crippen LogP contribution in [-0.4, -0.2) is 27.4 Å². The summed E-state index contributed by atoms with van der Waals surface area (Å²) in [5.41, 5.74) is 5.51. The summed E-state index contributed by atoms with van der Waals surface area (Å²) in [7, 11) is 0. The smallest absolute Gasteiger partial charge is 0.203 e. The molecule has 1 aliphatic rings. The van der Waals surface area contributed by atoms with Crippen molar-refractivity contribution in [3.63, 3.8) is 0 Å². The molecule has 15 heavy (non-hydrogen) atoms. The molecule has 0 spiro atoms. The van der Waals surface area contributed by atoms with E-state index < -0.39 is 0 Å². The van der Waals surface area contributed by atoms with Gasteiger partial charge in [0.25, 0.3) is 0 Å². The first kappa shape index (κ1) is 10.5. The third-order valence-corrected chi connectivity index (χ3v) is 2.75. The van der Waals surface area contributed by atoms with Gasteiger partial charge in [0, 0.05) is 6.20 Å². The van der Waals surface area contributed by atoms with E-state index in [0.717, 1.165) is 12.8 Å². The lowest BCUT2D eigenvalue weighted by Gasteiger charge is -2.15. The van der Waals surface area contributed by atoms with Crippen LogP contribution in [0.15, 0.2) is 12.3 Å². The Labute approximate surface area is 92.5 Å². The molecule has 2 rings (SSSR count). The largest absolute Gasteiger partial charge is 0.394 e. The van der Waals surface area contributed by atoms with Gasteiger partial charge in [-0.05, 0) is 31.1 Å². The lowest BCUT2D eigenvalue weighted by atomic mass is 10.2. The van der Waals surface area contributed by atoms with Crippen LogP contribution in [0.5, 0.6) is 0 Å². The molecule has 1 aromatic rings. The van der Waals surface area contributed by atoms with Crippen LogP contribution in [0, 0.1) is 4.77 Å². The summed E-state index contributed by atoms with van der Waals surface area (Å²) in [5.74, 6) is 0.410. The van der Waals surface area contributed by atoms with Crippen LogP contribution in [0.25, 0.3) is 0 Å². The van der Waals surface area contributed by atoms with Gasteiger partial charge in [-0.15, -0.1) is 0 Å². The highest BCUT2D eigenvalue weighted by molar-refractivity contribution is 7.71. The molecular weight excluding hydrogens is 214 g/mol. The Balaban J connectivity index is 2.20. The van der Waals surface area contributed by atoms with E-state index >= 15 is 0 Å². The Morgan fingerprint density at radius 3 is 3.07 bits per heavy atom. The van der Waals surface area contributed by atoms with Gasteiger partial charge in [0.1, 0.15) is 12.0 Å². The number of nitrogen functional groups attached to an aromatic ring is 1. The number of hydrogen-bond donors (Lipinski definition) is 2. The molecule has 1 aliphatic heterocycles. The molecule has 1 fully saturated rings. The highest BCUT2D eigenvalue weighted by atomic mass is 32.1. The molecule has 0 aliphatic carbocycles. The lowest BCUT2D eigenvalue weighted by Crippen LogP contribution is -2.15. The number of aromatic nitrogens is 2. The molecule has 82 valence electrons. The van der Waals surface area contributed by atoms with Crippen LogP contribution >= 0.6 is 12.2 Å². The molecule has 0 amide bonds. The van der Waals surface area contributed by atoms with Crippen molar-refractivity contribution in [1.82, 2.24) is 9.55 Å². The van der Waals surface area contributed by atoms with Gasteiger partial charge in [-0.1, -0.05) is 0 Å². The van der Waals surface area contributed by atoms with Crippen LogP contribution in [0.2, 0.25) is 0 Å². The molecule has 6 heteroatoms. The minimum absolute atomic E-state index is 0.0478. The van der Waals surface area contributed by atoms with Crippen LogP contribution in [-0.2, 0) is 4.74 Å². The van der Waals surface area contributed by atoms with Crippen molar-refractivity contribution in [2.45, 2.75) is 25.2 Å². The molecule has 0 saturated carbocycles. The molecule has 5 nitrogen and oxygen atoms in total. The van der Waals surface area contributed by atoms with Gasteiger partial charge in [0.2, 0.25) is 4.77 Å².